The number of hydrogen-bond donors (Lipinski definition) is 2. The molecule has 2 aliphatic rings. The Hall–Kier alpha value is -3.06. The van der Waals surface area contributed by atoms with Gasteiger partial charge in [0, 0.05) is 34.9 Å². The van der Waals surface area contributed by atoms with Gasteiger partial charge in [0.15, 0.2) is 5.78 Å². The first kappa shape index (κ1) is 25.0. The van der Waals surface area contributed by atoms with Crippen molar-refractivity contribution in [3.63, 3.8) is 0 Å². The summed E-state index contributed by atoms with van der Waals surface area (Å²) in [5, 5.41) is 5.79. The highest BCUT2D eigenvalue weighted by Gasteiger charge is 2.42. The van der Waals surface area contributed by atoms with Crippen molar-refractivity contribution in [2.45, 2.75) is 52.6 Å². The smallest absolute Gasteiger partial charge is 0.362 e. The van der Waals surface area contributed by atoms with Crippen molar-refractivity contribution in [1.29, 1.82) is 0 Å². The maximum atomic E-state index is 13.6. The number of ketones is 1. The van der Waals surface area contributed by atoms with Crippen LogP contribution in [0.3, 0.4) is 0 Å². The standard InChI is InChI=1S/C27H26ClF3N2O2/c1-14-5-7-16(8-6-14)23-22(15(2)32-20-12-26(3,4)13-21(34)24(20)23)25(35)33-19-11-17(27(29,30)31)9-10-18(19)28/h5-11,23,32H,12-13H2,1-4H3,(H,33,35)/t23-/m1/s1. The number of rotatable bonds is 3. The summed E-state index contributed by atoms with van der Waals surface area (Å²) in [6, 6.07) is 10.3. The van der Waals surface area contributed by atoms with Crippen molar-refractivity contribution in [1.82, 2.24) is 5.32 Å². The predicted molar refractivity (Wildman–Crippen MR) is 130 cm³/mol. The molecule has 1 aliphatic heterocycles. The van der Waals surface area contributed by atoms with Crippen molar-refractivity contribution in [3.05, 3.63) is 86.7 Å². The normalized spacial score (nSPS) is 19.9. The Morgan fingerprint density at radius 1 is 1.09 bits per heavy atom. The highest BCUT2D eigenvalue weighted by atomic mass is 35.5. The van der Waals surface area contributed by atoms with Gasteiger partial charge in [-0.05, 0) is 49.4 Å². The summed E-state index contributed by atoms with van der Waals surface area (Å²) in [5.41, 5.74) is 2.61. The number of allylic oxidation sites excluding steroid dienone is 3. The molecule has 0 fully saturated rings. The van der Waals surface area contributed by atoms with E-state index in [0.29, 0.717) is 24.1 Å². The van der Waals surface area contributed by atoms with E-state index in [1.54, 1.807) is 6.92 Å². The lowest BCUT2D eigenvalue weighted by Crippen LogP contribution is -2.39. The highest BCUT2D eigenvalue weighted by molar-refractivity contribution is 6.34. The molecule has 1 amide bonds. The molecule has 0 saturated carbocycles. The zero-order chi connectivity index (χ0) is 25.7. The topological polar surface area (TPSA) is 58.2 Å². The molecule has 4 rings (SSSR count). The molecule has 2 aromatic rings. The third-order valence-electron chi connectivity index (χ3n) is 6.44. The SMILES string of the molecule is CC1=C(C(=O)Nc2cc(C(F)(F)F)ccc2Cl)[C@@H](c2ccc(C)cc2)C2=C(CC(C)(C)CC2=O)N1. The number of halogens is 4. The molecule has 2 aromatic carbocycles. The van der Waals surface area contributed by atoms with Crippen molar-refractivity contribution in [2.75, 3.05) is 5.32 Å². The third-order valence-corrected chi connectivity index (χ3v) is 6.77. The number of aryl methyl sites for hydroxylation is 1. The molecule has 0 bridgehead atoms. The van der Waals surface area contributed by atoms with E-state index in [4.69, 9.17) is 11.6 Å². The maximum Gasteiger partial charge on any atom is 0.416 e. The second-order valence-corrected chi connectivity index (χ2v) is 10.4. The van der Waals surface area contributed by atoms with Crippen LogP contribution < -0.4 is 10.6 Å². The van der Waals surface area contributed by atoms with Gasteiger partial charge in [0.1, 0.15) is 0 Å². The Labute approximate surface area is 207 Å². The summed E-state index contributed by atoms with van der Waals surface area (Å²) in [6.45, 7) is 7.72. The number of nitrogens with one attached hydrogen (secondary N) is 2. The molecule has 0 radical (unpaired) electrons. The lowest BCUT2D eigenvalue weighted by atomic mass is 9.68. The fraction of sp³-hybridized carbons (Fsp3) is 0.333. The lowest BCUT2D eigenvalue weighted by molar-refractivity contribution is -0.137. The molecule has 0 saturated heterocycles. The summed E-state index contributed by atoms with van der Waals surface area (Å²) in [4.78, 5) is 26.9. The highest BCUT2D eigenvalue weighted by Crippen LogP contribution is 2.47. The first-order valence-electron chi connectivity index (χ1n) is 11.3. The van der Waals surface area contributed by atoms with E-state index >= 15 is 0 Å². The molecular formula is C27H26ClF3N2O2. The molecular weight excluding hydrogens is 477 g/mol. The van der Waals surface area contributed by atoms with E-state index in [-0.39, 0.29) is 27.5 Å². The average molecular weight is 503 g/mol. The Bertz CT molecular complexity index is 1270. The second kappa shape index (κ2) is 8.86. The van der Waals surface area contributed by atoms with Gasteiger partial charge in [-0.3, -0.25) is 9.59 Å². The molecule has 0 spiro atoms. The van der Waals surface area contributed by atoms with Crippen LogP contribution in [0, 0.1) is 12.3 Å². The van der Waals surface area contributed by atoms with Gasteiger partial charge in [0.2, 0.25) is 0 Å². The largest absolute Gasteiger partial charge is 0.416 e. The summed E-state index contributed by atoms with van der Waals surface area (Å²) >= 11 is 6.12. The molecule has 35 heavy (non-hydrogen) atoms. The number of Topliss-reactive ketones (excluding diaryl/α,β-unsaturated/α-hetero) is 1. The average Bonchev–Trinajstić information content (AvgIpc) is 2.73. The van der Waals surface area contributed by atoms with E-state index in [2.05, 4.69) is 10.6 Å². The molecule has 0 unspecified atom stereocenters. The Balaban J connectivity index is 1.79. The van der Waals surface area contributed by atoms with Crippen LogP contribution in [0.1, 0.15) is 56.2 Å². The lowest BCUT2D eigenvalue weighted by Gasteiger charge is -2.39. The van der Waals surface area contributed by atoms with Crippen LogP contribution in [0.2, 0.25) is 5.02 Å². The monoisotopic (exact) mass is 502 g/mol. The summed E-state index contributed by atoms with van der Waals surface area (Å²) in [5.74, 6) is -1.32. The predicted octanol–water partition coefficient (Wildman–Crippen LogP) is 6.91. The van der Waals surface area contributed by atoms with Crippen LogP contribution in [0.5, 0.6) is 0 Å². The number of carbonyl (C=O) groups excluding carboxylic acids is 2. The van der Waals surface area contributed by atoms with Gasteiger partial charge >= 0.3 is 6.18 Å². The fourth-order valence-electron chi connectivity index (χ4n) is 4.82. The Morgan fingerprint density at radius 2 is 1.74 bits per heavy atom. The first-order valence-corrected chi connectivity index (χ1v) is 11.6. The number of carbonyl (C=O) groups is 2. The van der Waals surface area contributed by atoms with Gasteiger partial charge in [-0.1, -0.05) is 55.3 Å². The number of anilines is 1. The van der Waals surface area contributed by atoms with Gasteiger partial charge in [-0.15, -0.1) is 0 Å². The Morgan fingerprint density at radius 3 is 2.37 bits per heavy atom. The van der Waals surface area contributed by atoms with Gasteiger partial charge in [-0.25, -0.2) is 0 Å². The van der Waals surface area contributed by atoms with Gasteiger partial charge in [0.25, 0.3) is 5.91 Å². The van der Waals surface area contributed by atoms with Crippen molar-refractivity contribution >= 4 is 29.0 Å². The third kappa shape index (κ3) is 5.01. The zero-order valence-corrected chi connectivity index (χ0v) is 20.6. The summed E-state index contributed by atoms with van der Waals surface area (Å²) in [7, 11) is 0. The van der Waals surface area contributed by atoms with Crippen molar-refractivity contribution < 1.29 is 22.8 Å². The van der Waals surface area contributed by atoms with Crippen LogP contribution in [0.25, 0.3) is 0 Å². The van der Waals surface area contributed by atoms with E-state index in [0.717, 1.165) is 35.0 Å². The van der Waals surface area contributed by atoms with Crippen molar-refractivity contribution in [3.8, 4) is 0 Å². The number of amides is 1. The minimum absolute atomic E-state index is 0.0179. The summed E-state index contributed by atoms with van der Waals surface area (Å²) < 4.78 is 39.7. The van der Waals surface area contributed by atoms with Gasteiger partial charge < -0.3 is 10.6 Å². The van der Waals surface area contributed by atoms with Gasteiger partial charge in [-0.2, -0.15) is 13.2 Å². The van der Waals surface area contributed by atoms with Crippen LogP contribution in [-0.4, -0.2) is 11.7 Å². The molecule has 184 valence electrons. The van der Waals surface area contributed by atoms with Gasteiger partial charge in [0.05, 0.1) is 16.3 Å². The van der Waals surface area contributed by atoms with E-state index in [1.807, 2.05) is 45.0 Å². The number of alkyl halides is 3. The van der Waals surface area contributed by atoms with Crippen LogP contribution in [-0.2, 0) is 15.8 Å². The molecule has 1 heterocycles. The second-order valence-electron chi connectivity index (χ2n) is 9.99. The van der Waals surface area contributed by atoms with E-state index in [9.17, 15) is 22.8 Å². The van der Waals surface area contributed by atoms with Crippen molar-refractivity contribution in [2.24, 2.45) is 5.41 Å². The number of hydrogen-bond acceptors (Lipinski definition) is 3. The minimum atomic E-state index is -4.59. The molecule has 1 atom stereocenters. The molecule has 8 heteroatoms. The Kier molecular flexibility index (Phi) is 6.34. The zero-order valence-electron chi connectivity index (χ0n) is 19.9. The first-order chi connectivity index (χ1) is 16.3. The minimum Gasteiger partial charge on any atom is -0.362 e. The number of benzene rings is 2. The number of dihydropyridines is 1. The van der Waals surface area contributed by atoms with Crippen LogP contribution in [0.15, 0.2) is 65.0 Å². The molecule has 2 N–H and O–H groups in total. The van der Waals surface area contributed by atoms with E-state index < -0.39 is 23.6 Å². The fourth-order valence-corrected chi connectivity index (χ4v) is 4.98. The summed E-state index contributed by atoms with van der Waals surface area (Å²) in [6.07, 6.45) is -3.61. The molecule has 4 nitrogen and oxygen atoms in total. The molecule has 1 aliphatic carbocycles. The van der Waals surface area contributed by atoms with Crippen LogP contribution in [0.4, 0.5) is 18.9 Å². The maximum absolute atomic E-state index is 13.6. The molecule has 0 aromatic heterocycles. The van der Waals surface area contributed by atoms with Crippen LogP contribution >= 0.6 is 11.6 Å². The van der Waals surface area contributed by atoms with E-state index in [1.165, 1.54) is 0 Å². The quantitative estimate of drug-likeness (QED) is 0.479.